The Balaban J connectivity index is 1.28. The van der Waals surface area contributed by atoms with E-state index in [0.717, 1.165) is 16.7 Å². The van der Waals surface area contributed by atoms with E-state index < -0.39 is 0 Å². The van der Waals surface area contributed by atoms with Crippen molar-refractivity contribution in [1.29, 1.82) is 0 Å². The summed E-state index contributed by atoms with van der Waals surface area (Å²) in [5.41, 5.74) is 2.88. The van der Waals surface area contributed by atoms with Crippen LogP contribution in [0.5, 0.6) is 5.75 Å². The molecule has 5 aromatic rings. The largest absolute Gasteiger partial charge is 0.496 e. The molecule has 0 aliphatic heterocycles. The fourth-order valence-corrected chi connectivity index (χ4v) is 4.54. The molecule has 3 aromatic carbocycles. The Labute approximate surface area is 254 Å². The van der Waals surface area contributed by atoms with Crippen molar-refractivity contribution in [2.24, 2.45) is 0 Å². The molecule has 2 aromatic heterocycles. The van der Waals surface area contributed by atoms with E-state index in [2.05, 4.69) is 25.9 Å². The molecule has 2 heterocycles. The topological polar surface area (TPSA) is 113 Å². The number of fused-ring (bicyclic) bond motifs is 1. The molecule has 218 valence electrons. The maximum Gasteiger partial charge on any atom is 0.255 e. The van der Waals surface area contributed by atoms with Gasteiger partial charge < -0.3 is 30.2 Å². The minimum atomic E-state index is -0.361. The van der Waals surface area contributed by atoms with E-state index in [1.165, 1.54) is 12.1 Å². The van der Waals surface area contributed by atoms with Crippen LogP contribution in [-0.4, -0.2) is 59.0 Å². The normalized spacial score (nSPS) is 11.2. The highest BCUT2D eigenvalue weighted by atomic mass is 35.5. The van der Waals surface area contributed by atoms with E-state index in [1.807, 2.05) is 66.2 Å². The zero-order chi connectivity index (χ0) is 30.3. The monoisotopic (exact) mass is 595 g/mol. The van der Waals surface area contributed by atoms with Crippen molar-refractivity contribution in [1.82, 2.24) is 19.4 Å². The average molecular weight is 596 g/mol. The van der Waals surface area contributed by atoms with Crippen molar-refractivity contribution < 1.29 is 14.3 Å². The molecular formula is C32H30ClN7O3. The fourth-order valence-electron chi connectivity index (χ4n) is 4.38. The summed E-state index contributed by atoms with van der Waals surface area (Å²) in [7, 11) is 5.46. The van der Waals surface area contributed by atoms with E-state index >= 15 is 0 Å². The molecular weight excluding hydrogens is 566 g/mol. The second-order valence-electron chi connectivity index (χ2n) is 9.83. The number of hydrogen-bond acceptors (Lipinski definition) is 7. The molecule has 10 nitrogen and oxygen atoms in total. The lowest BCUT2D eigenvalue weighted by molar-refractivity contribution is -0.111. The van der Waals surface area contributed by atoms with Gasteiger partial charge >= 0.3 is 0 Å². The summed E-state index contributed by atoms with van der Waals surface area (Å²) >= 11 is 6.27. The Kier molecular flexibility index (Phi) is 8.99. The molecule has 2 amide bonds. The van der Waals surface area contributed by atoms with Crippen molar-refractivity contribution in [2.45, 2.75) is 0 Å². The number of methoxy groups -OCH3 is 1. The van der Waals surface area contributed by atoms with Crippen molar-refractivity contribution in [3.05, 3.63) is 108 Å². The van der Waals surface area contributed by atoms with E-state index in [4.69, 9.17) is 16.3 Å². The van der Waals surface area contributed by atoms with E-state index in [9.17, 15) is 9.59 Å². The van der Waals surface area contributed by atoms with Crippen LogP contribution in [0.1, 0.15) is 10.4 Å². The number of nitrogens with zero attached hydrogens (tertiary/aromatic N) is 4. The van der Waals surface area contributed by atoms with Crippen LogP contribution in [-0.2, 0) is 4.79 Å². The first-order valence-corrected chi connectivity index (χ1v) is 13.8. The third-order valence-corrected chi connectivity index (χ3v) is 6.73. The van der Waals surface area contributed by atoms with Gasteiger partial charge in [-0.15, -0.1) is 0 Å². The number of carbonyl (C=O) groups excluding carboxylic acids is 2. The molecule has 3 N–H and O–H groups in total. The summed E-state index contributed by atoms with van der Waals surface area (Å²) < 4.78 is 7.44. The molecule has 0 aliphatic carbocycles. The highest BCUT2D eigenvalue weighted by Crippen LogP contribution is 2.29. The highest BCUT2D eigenvalue weighted by Gasteiger charge is 2.12. The summed E-state index contributed by atoms with van der Waals surface area (Å²) in [4.78, 5) is 36.3. The van der Waals surface area contributed by atoms with Crippen molar-refractivity contribution in [2.75, 3.05) is 43.7 Å². The first-order valence-electron chi connectivity index (χ1n) is 13.4. The standard InChI is InChI=1S/C32H30ClN7O3/c1-39(2)17-6-11-30(41)37-26-19-21(12-13-25(26)33)31(42)35-22-7-4-8-23(20-22)36-32-34-16-14-29(38-32)40-18-15-24-27(40)9-5-10-28(24)43-3/h4-16,18-20H,17H2,1-3H3,(H,35,42)(H,37,41)(H,34,36,38)/b11-6+. The predicted octanol–water partition coefficient (Wildman–Crippen LogP) is 6.13. The van der Waals surface area contributed by atoms with Crippen LogP contribution >= 0.6 is 11.6 Å². The first-order chi connectivity index (χ1) is 20.8. The number of nitrogens with one attached hydrogen (secondary N) is 3. The van der Waals surface area contributed by atoms with E-state index in [0.29, 0.717) is 46.0 Å². The molecule has 0 atom stereocenters. The summed E-state index contributed by atoms with van der Waals surface area (Å²) in [5, 5.41) is 10.1. The molecule has 0 fully saturated rings. The second-order valence-corrected chi connectivity index (χ2v) is 10.2. The number of likely N-dealkylation sites (N-methyl/N-ethyl adjacent to an activating group) is 1. The van der Waals surface area contributed by atoms with Gasteiger partial charge in [0.25, 0.3) is 5.91 Å². The van der Waals surface area contributed by atoms with Gasteiger partial charge in [-0.2, -0.15) is 4.98 Å². The third kappa shape index (κ3) is 7.18. The second kappa shape index (κ2) is 13.2. The number of hydrogen-bond donors (Lipinski definition) is 3. The summed E-state index contributed by atoms with van der Waals surface area (Å²) in [6, 6.07) is 21.6. The Morgan fingerprint density at radius 2 is 1.81 bits per heavy atom. The molecule has 0 radical (unpaired) electrons. The Bertz CT molecular complexity index is 1820. The Morgan fingerprint density at radius 3 is 2.63 bits per heavy atom. The van der Waals surface area contributed by atoms with Crippen LogP contribution in [0.2, 0.25) is 5.02 Å². The molecule has 5 rings (SSSR count). The smallest absolute Gasteiger partial charge is 0.255 e. The van der Waals surface area contributed by atoms with Gasteiger partial charge in [0.05, 0.1) is 23.3 Å². The lowest BCUT2D eigenvalue weighted by Gasteiger charge is -2.11. The van der Waals surface area contributed by atoms with Gasteiger partial charge in [-0.05, 0) is 74.8 Å². The number of halogens is 1. The number of aromatic nitrogens is 3. The number of ether oxygens (including phenoxy) is 1. The summed E-state index contributed by atoms with van der Waals surface area (Å²) in [6.07, 6.45) is 6.78. The number of benzene rings is 3. The highest BCUT2D eigenvalue weighted by molar-refractivity contribution is 6.34. The number of amides is 2. The minimum absolute atomic E-state index is 0.325. The van der Waals surface area contributed by atoms with Gasteiger partial charge in [0.15, 0.2) is 0 Å². The maximum absolute atomic E-state index is 13.1. The van der Waals surface area contributed by atoms with E-state index in [1.54, 1.807) is 49.7 Å². The van der Waals surface area contributed by atoms with Crippen LogP contribution in [0.25, 0.3) is 16.7 Å². The molecule has 0 unspecified atom stereocenters. The molecule has 0 saturated heterocycles. The quantitative estimate of drug-likeness (QED) is 0.166. The lowest BCUT2D eigenvalue weighted by Crippen LogP contribution is -2.15. The van der Waals surface area contributed by atoms with Gasteiger partial charge in [-0.25, -0.2) is 4.98 Å². The number of anilines is 4. The van der Waals surface area contributed by atoms with Gasteiger partial charge in [-0.1, -0.05) is 29.8 Å². The Hall–Kier alpha value is -5.19. The van der Waals surface area contributed by atoms with E-state index in [-0.39, 0.29) is 11.8 Å². The maximum atomic E-state index is 13.1. The van der Waals surface area contributed by atoms with Crippen LogP contribution in [0.3, 0.4) is 0 Å². The summed E-state index contributed by atoms with van der Waals surface area (Å²) in [6.45, 7) is 0.620. The van der Waals surface area contributed by atoms with Gasteiger partial charge in [-0.3, -0.25) is 9.59 Å². The summed E-state index contributed by atoms with van der Waals surface area (Å²) in [5.74, 6) is 1.17. The molecule has 0 aliphatic rings. The molecule has 0 spiro atoms. The zero-order valence-electron chi connectivity index (χ0n) is 23.8. The van der Waals surface area contributed by atoms with Crippen LogP contribution in [0.4, 0.5) is 23.0 Å². The van der Waals surface area contributed by atoms with Crippen LogP contribution in [0.15, 0.2) is 97.3 Å². The first kappa shape index (κ1) is 29.3. The van der Waals surface area contributed by atoms with Crippen molar-refractivity contribution >= 4 is 57.3 Å². The van der Waals surface area contributed by atoms with Gasteiger partial charge in [0.2, 0.25) is 11.9 Å². The minimum Gasteiger partial charge on any atom is -0.496 e. The molecule has 11 heteroatoms. The van der Waals surface area contributed by atoms with Gasteiger partial charge in [0.1, 0.15) is 11.6 Å². The zero-order valence-corrected chi connectivity index (χ0v) is 24.6. The van der Waals surface area contributed by atoms with Crippen molar-refractivity contribution in [3.8, 4) is 11.6 Å². The Morgan fingerprint density at radius 1 is 1.00 bits per heavy atom. The average Bonchev–Trinajstić information content (AvgIpc) is 3.43. The fraction of sp³-hybridized carbons (Fsp3) is 0.125. The predicted molar refractivity (Wildman–Crippen MR) is 171 cm³/mol. The molecule has 43 heavy (non-hydrogen) atoms. The third-order valence-electron chi connectivity index (χ3n) is 6.40. The molecule has 0 saturated carbocycles. The molecule has 0 bridgehead atoms. The van der Waals surface area contributed by atoms with Crippen LogP contribution < -0.4 is 20.7 Å². The van der Waals surface area contributed by atoms with Crippen molar-refractivity contribution in [3.63, 3.8) is 0 Å². The lowest BCUT2D eigenvalue weighted by atomic mass is 10.1. The number of carbonyl (C=O) groups is 2. The SMILES string of the molecule is COc1cccc2c1ccn2-c1ccnc(Nc2cccc(NC(=O)c3ccc(Cl)c(NC(=O)/C=C/CN(C)C)c3)c2)n1. The number of rotatable bonds is 10. The van der Waals surface area contributed by atoms with Crippen LogP contribution in [0, 0.1) is 0 Å². The van der Waals surface area contributed by atoms with Gasteiger partial charge in [0, 0.05) is 47.3 Å².